The first-order chi connectivity index (χ1) is 14.5. The molecule has 2 amide bonds. The van der Waals surface area contributed by atoms with Crippen molar-refractivity contribution in [1.82, 2.24) is 20.0 Å². The maximum atomic E-state index is 14.7. The van der Waals surface area contributed by atoms with Crippen LogP contribution in [0.4, 0.5) is 4.39 Å². The number of carbonyl (C=O) groups is 2. The summed E-state index contributed by atoms with van der Waals surface area (Å²) in [7, 11) is 1.60. The lowest BCUT2D eigenvalue weighted by atomic mass is 9.77. The number of hydrogen-bond donors (Lipinski definition) is 1. The second-order valence-electron chi connectivity index (χ2n) is 8.43. The summed E-state index contributed by atoms with van der Waals surface area (Å²) in [5, 5.41) is 6.99. The van der Waals surface area contributed by atoms with Crippen molar-refractivity contribution in [3.8, 4) is 0 Å². The summed E-state index contributed by atoms with van der Waals surface area (Å²) in [4.78, 5) is 27.4. The molecular formula is C23H29FN4O2. The van der Waals surface area contributed by atoms with Crippen LogP contribution in [0.3, 0.4) is 0 Å². The number of halogens is 1. The molecule has 4 rings (SSSR count). The Labute approximate surface area is 176 Å². The van der Waals surface area contributed by atoms with E-state index < -0.39 is 5.41 Å². The van der Waals surface area contributed by atoms with Crippen molar-refractivity contribution < 1.29 is 14.0 Å². The maximum Gasteiger partial charge on any atom is 0.254 e. The molecule has 1 aromatic heterocycles. The summed E-state index contributed by atoms with van der Waals surface area (Å²) in [5.41, 5.74) is 0.359. The van der Waals surface area contributed by atoms with Crippen LogP contribution in [0.15, 0.2) is 36.7 Å². The van der Waals surface area contributed by atoms with Crippen LogP contribution in [0.2, 0.25) is 0 Å². The van der Waals surface area contributed by atoms with Crippen LogP contribution >= 0.6 is 0 Å². The number of hydrogen-bond acceptors (Lipinski definition) is 3. The highest BCUT2D eigenvalue weighted by molar-refractivity contribution is 5.93. The predicted molar refractivity (Wildman–Crippen MR) is 112 cm³/mol. The van der Waals surface area contributed by atoms with Crippen LogP contribution < -0.4 is 5.32 Å². The largest absolute Gasteiger partial charge is 0.355 e. The van der Waals surface area contributed by atoms with Crippen molar-refractivity contribution in [2.75, 3.05) is 20.1 Å². The summed E-state index contributed by atoms with van der Waals surface area (Å²) in [5.74, 6) is -0.365. The van der Waals surface area contributed by atoms with Gasteiger partial charge in [0.05, 0.1) is 23.2 Å². The van der Waals surface area contributed by atoms with Crippen molar-refractivity contribution in [2.45, 2.75) is 56.4 Å². The fourth-order valence-corrected chi connectivity index (χ4v) is 5.07. The first-order valence-electron chi connectivity index (χ1n) is 10.9. The SMILES string of the molecule is CNC(=O)c1cnn(C2CCCN(C(=O)C3(c4ccccc4F)CCCC3)CC2)c1. The Morgan fingerprint density at radius 2 is 1.90 bits per heavy atom. The molecule has 0 radical (unpaired) electrons. The molecule has 160 valence electrons. The van der Waals surface area contributed by atoms with E-state index >= 15 is 0 Å². The van der Waals surface area contributed by atoms with Crippen molar-refractivity contribution in [1.29, 1.82) is 0 Å². The van der Waals surface area contributed by atoms with Gasteiger partial charge in [-0.1, -0.05) is 31.0 Å². The Balaban J connectivity index is 1.51. The van der Waals surface area contributed by atoms with E-state index in [-0.39, 0.29) is 23.7 Å². The molecule has 2 aromatic rings. The quantitative estimate of drug-likeness (QED) is 0.836. The zero-order valence-electron chi connectivity index (χ0n) is 17.4. The number of carbonyl (C=O) groups excluding carboxylic acids is 2. The molecule has 1 aliphatic heterocycles. The standard InChI is InChI=1S/C23H29FN4O2/c1-25-21(29)17-15-26-28(16-17)18-7-6-13-27(14-10-18)22(30)23(11-4-5-12-23)19-8-2-3-9-20(19)24/h2-3,8-9,15-16,18H,4-7,10-14H2,1H3,(H,25,29). The first-order valence-corrected chi connectivity index (χ1v) is 10.9. The van der Waals surface area contributed by atoms with Gasteiger partial charge in [0.2, 0.25) is 5.91 Å². The van der Waals surface area contributed by atoms with Gasteiger partial charge in [0, 0.05) is 31.9 Å². The van der Waals surface area contributed by atoms with E-state index in [4.69, 9.17) is 0 Å². The third kappa shape index (κ3) is 3.73. The van der Waals surface area contributed by atoms with Crippen molar-refractivity contribution in [3.63, 3.8) is 0 Å². The number of likely N-dealkylation sites (tertiary alicyclic amines) is 1. The third-order valence-electron chi connectivity index (χ3n) is 6.71. The second kappa shape index (κ2) is 8.58. The van der Waals surface area contributed by atoms with Crippen molar-refractivity contribution in [2.24, 2.45) is 0 Å². The van der Waals surface area contributed by atoms with Gasteiger partial charge in [-0.15, -0.1) is 0 Å². The monoisotopic (exact) mass is 412 g/mol. The molecule has 30 heavy (non-hydrogen) atoms. The number of nitrogens with zero attached hydrogens (tertiary/aromatic N) is 3. The van der Waals surface area contributed by atoms with Crippen LogP contribution in [-0.4, -0.2) is 46.6 Å². The minimum atomic E-state index is -0.733. The van der Waals surface area contributed by atoms with Crippen LogP contribution in [0, 0.1) is 5.82 Å². The lowest BCUT2D eigenvalue weighted by molar-refractivity contribution is -0.137. The molecule has 1 saturated carbocycles. The highest BCUT2D eigenvalue weighted by atomic mass is 19.1. The highest BCUT2D eigenvalue weighted by Gasteiger charge is 2.46. The van der Waals surface area contributed by atoms with Crippen LogP contribution in [0.25, 0.3) is 0 Å². The van der Waals surface area contributed by atoms with E-state index in [9.17, 15) is 14.0 Å². The molecule has 1 aromatic carbocycles. The Kier molecular flexibility index (Phi) is 5.88. The third-order valence-corrected chi connectivity index (χ3v) is 6.71. The molecule has 1 N–H and O–H groups in total. The normalized spacial score (nSPS) is 21.3. The smallest absolute Gasteiger partial charge is 0.254 e. The maximum absolute atomic E-state index is 14.7. The van der Waals surface area contributed by atoms with Gasteiger partial charge in [0.1, 0.15) is 5.82 Å². The fourth-order valence-electron chi connectivity index (χ4n) is 5.07. The van der Waals surface area contributed by atoms with E-state index in [1.807, 2.05) is 15.6 Å². The number of amides is 2. The van der Waals surface area contributed by atoms with Gasteiger partial charge in [-0.05, 0) is 38.2 Å². The predicted octanol–water partition coefficient (Wildman–Crippen LogP) is 3.45. The molecule has 1 saturated heterocycles. The summed E-state index contributed by atoms with van der Waals surface area (Å²) < 4.78 is 16.5. The fraction of sp³-hybridized carbons (Fsp3) is 0.522. The molecular weight excluding hydrogens is 383 g/mol. The highest BCUT2D eigenvalue weighted by Crippen LogP contribution is 2.44. The van der Waals surface area contributed by atoms with E-state index in [2.05, 4.69) is 10.4 Å². The molecule has 1 atom stereocenters. The Hall–Kier alpha value is -2.70. The van der Waals surface area contributed by atoms with Gasteiger partial charge in [-0.3, -0.25) is 14.3 Å². The molecule has 1 unspecified atom stereocenters. The molecule has 7 heteroatoms. The lowest BCUT2D eigenvalue weighted by Gasteiger charge is -2.34. The van der Waals surface area contributed by atoms with Gasteiger partial charge in [-0.25, -0.2) is 4.39 Å². The topological polar surface area (TPSA) is 67.2 Å². The summed E-state index contributed by atoms with van der Waals surface area (Å²) in [6, 6.07) is 6.90. The molecule has 1 aliphatic carbocycles. The summed E-state index contributed by atoms with van der Waals surface area (Å²) in [6.45, 7) is 1.30. The molecule has 0 bridgehead atoms. The van der Waals surface area contributed by atoms with E-state index in [1.54, 1.807) is 31.6 Å². The minimum Gasteiger partial charge on any atom is -0.355 e. The van der Waals surface area contributed by atoms with Gasteiger partial charge in [-0.2, -0.15) is 5.10 Å². The molecule has 2 fully saturated rings. The number of nitrogens with one attached hydrogen (secondary N) is 1. The first kappa shape index (κ1) is 20.6. The Morgan fingerprint density at radius 3 is 2.63 bits per heavy atom. The Morgan fingerprint density at radius 1 is 1.13 bits per heavy atom. The molecule has 0 spiro atoms. The van der Waals surface area contributed by atoms with Gasteiger partial charge < -0.3 is 10.2 Å². The number of aromatic nitrogens is 2. The van der Waals surface area contributed by atoms with Gasteiger partial charge in [0.15, 0.2) is 0 Å². The molecule has 6 nitrogen and oxygen atoms in total. The zero-order chi connectivity index (χ0) is 21.1. The van der Waals surface area contributed by atoms with E-state index in [1.165, 1.54) is 6.07 Å². The Bertz CT molecular complexity index is 919. The average Bonchev–Trinajstić information content (AvgIpc) is 3.39. The number of benzene rings is 1. The summed E-state index contributed by atoms with van der Waals surface area (Å²) >= 11 is 0. The van der Waals surface area contributed by atoms with Crippen LogP contribution in [0.5, 0.6) is 0 Å². The van der Waals surface area contributed by atoms with E-state index in [0.717, 1.165) is 32.1 Å². The minimum absolute atomic E-state index is 0.0669. The van der Waals surface area contributed by atoms with Crippen molar-refractivity contribution >= 4 is 11.8 Å². The summed E-state index contributed by atoms with van der Waals surface area (Å²) in [6.07, 6.45) is 9.20. The van der Waals surface area contributed by atoms with Gasteiger partial charge >= 0.3 is 0 Å². The van der Waals surface area contributed by atoms with Gasteiger partial charge in [0.25, 0.3) is 5.91 Å². The number of rotatable bonds is 4. The van der Waals surface area contributed by atoms with Crippen LogP contribution in [0.1, 0.15) is 66.9 Å². The second-order valence-corrected chi connectivity index (χ2v) is 8.43. The molecule has 2 heterocycles. The zero-order valence-corrected chi connectivity index (χ0v) is 17.4. The average molecular weight is 413 g/mol. The molecule has 2 aliphatic rings. The lowest BCUT2D eigenvalue weighted by Crippen LogP contribution is -2.46. The van der Waals surface area contributed by atoms with E-state index in [0.29, 0.717) is 37.1 Å². The van der Waals surface area contributed by atoms with Crippen LogP contribution in [-0.2, 0) is 10.2 Å². The van der Waals surface area contributed by atoms with Crippen molar-refractivity contribution in [3.05, 3.63) is 53.6 Å².